The van der Waals surface area contributed by atoms with Crippen LogP contribution in [0, 0.1) is 0 Å². The number of nitrogens with zero attached hydrogens (tertiary/aromatic N) is 2. The van der Waals surface area contributed by atoms with Gasteiger partial charge in [0.2, 0.25) is 0 Å². The van der Waals surface area contributed by atoms with Gasteiger partial charge in [-0.25, -0.2) is 0 Å². The third-order valence-corrected chi connectivity index (χ3v) is 7.21. The van der Waals surface area contributed by atoms with E-state index in [0.29, 0.717) is 6.04 Å². The quantitative estimate of drug-likeness (QED) is 0.612. The summed E-state index contributed by atoms with van der Waals surface area (Å²) < 4.78 is 0. The Hall–Kier alpha value is -2.24. The second-order valence-electron chi connectivity index (χ2n) is 8.15. The van der Waals surface area contributed by atoms with E-state index in [1.807, 2.05) is 23.1 Å². The van der Waals surface area contributed by atoms with Crippen molar-refractivity contribution in [3.63, 3.8) is 0 Å². The SMILES string of the molecule is CSc1ccc2[nH]cc(C[C@H]3CCCN3CCN3Cc4ccccc4C3=O)c2c1. The molecule has 5 heteroatoms. The second kappa shape index (κ2) is 7.88. The number of aromatic nitrogens is 1. The molecule has 2 aromatic carbocycles. The predicted molar refractivity (Wildman–Crippen MR) is 120 cm³/mol. The largest absolute Gasteiger partial charge is 0.361 e. The van der Waals surface area contributed by atoms with E-state index in [9.17, 15) is 4.79 Å². The van der Waals surface area contributed by atoms with Gasteiger partial charge in [0.15, 0.2) is 0 Å². The van der Waals surface area contributed by atoms with Crippen molar-refractivity contribution in [2.24, 2.45) is 0 Å². The Morgan fingerprint density at radius 2 is 2.07 bits per heavy atom. The molecule has 5 rings (SSSR count). The van der Waals surface area contributed by atoms with Gasteiger partial charge >= 0.3 is 0 Å². The molecule has 1 saturated heterocycles. The van der Waals surface area contributed by atoms with Crippen LogP contribution in [0.4, 0.5) is 0 Å². The minimum absolute atomic E-state index is 0.192. The monoisotopic (exact) mass is 405 g/mol. The van der Waals surface area contributed by atoms with Crippen LogP contribution in [0.3, 0.4) is 0 Å². The van der Waals surface area contributed by atoms with Gasteiger partial charge in [0.05, 0.1) is 0 Å². The van der Waals surface area contributed by atoms with E-state index in [-0.39, 0.29) is 5.91 Å². The zero-order valence-corrected chi connectivity index (χ0v) is 17.7. The molecule has 3 aromatic rings. The lowest BCUT2D eigenvalue weighted by Gasteiger charge is -2.27. The average molecular weight is 406 g/mol. The van der Waals surface area contributed by atoms with Crippen molar-refractivity contribution in [2.75, 3.05) is 25.9 Å². The highest BCUT2D eigenvalue weighted by Crippen LogP contribution is 2.29. The molecule has 1 amide bonds. The number of carbonyl (C=O) groups is 1. The summed E-state index contributed by atoms with van der Waals surface area (Å²) in [7, 11) is 0. The Morgan fingerprint density at radius 1 is 1.17 bits per heavy atom. The molecular weight excluding hydrogens is 378 g/mol. The van der Waals surface area contributed by atoms with Crippen molar-refractivity contribution < 1.29 is 4.79 Å². The van der Waals surface area contributed by atoms with Crippen molar-refractivity contribution >= 4 is 28.6 Å². The van der Waals surface area contributed by atoms with Crippen molar-refractivity contribution in [3.05, 3.63) is 65.4 Å². The summed E-state index contributed by atoms with van der Waals surface area (Å²) in [6.07, 6.45) is 7.88. The first-order valence-electron chi connectivity index (χ1n) is 10.5. The van der Waals surface area contributed by atoms with Crippen molar-refractivity contribution in [2.45, 2.75) is 36.7 Å². The topological polar surface area (TPSA) is 39.3 Å². The van der Waals surface area contributed by atoms with Gasteiger partial charge in [0.25, 0.3) is 5.91 Å². The predicted octanol–water partition coefficient (Wildman–Crippen LogP) is 4.55. The molecule has 0 spiro atoms. The Labute approximate surface area is 176 Å². The van der Waals surface area contributed by atoms with Gasteiger partial charge in [0.1, 0.15) is 0 Å². The smallest absolute Gasteiger partial charge is 0.254 e. The lowest BCUT2D eigenvalue weighted by molar-refractivity contribution is 0.0754. The molecular formula is C24H27N3OS. The molecule has 0 saturated carbocycles. The first-order chi connectivity index (χ1) is 14.2. The molecule has 150 valence electrons. The van der Waals surface area contributed by atoms with Gasteiger partial charge in [-0.05, 0) is 67.5 Å². The van der Waals surface area contributed by atoms with Crippen LogP contribution in [-0.2, 0) is 13.0 Å². The number of hydrogen-bond acceptors (Lipinski definition) is 3. The molecule has 4 nitrogen and oxygen atoms in total. The highest BCUT2D eigenvalue weighted by Gasteiger charge is 2.29. The van der Waals surface area contributed by atoms with Gasteiger partial charge in [-0.3, -0.25) is 9.69 Å². The van der Waals surface area contributed by atoms with Crippen LogP contribution in [0.25, 0.3) is 10.9 Å². The number of benzene rings is 2. The standard InChI is InChI=1S/C24H27N3OS/c1-29-20-8-9-23-22(14-20)18(15-25-23)13-19-6-4-10-26(19)11-12-27-16-17-5-2-3-7-21(17)24(27)28/h2-3,5,7-9,14-15,19,25H,4,6,10-13,16H2,1H3/t19-/m1/s1. The molecule has 0 unspecified atom stereocenters. The molecule has 2 aliphatic heterocycles. The van der Waals surface area contributed by atoms with Crippen molar-refractivity contribution in [3.8, 4) is 0 Å². The van der Waals surface area contributed by atoms with Gasteiger partial charge < -0.3 is 9.88 Å². The molecule has 29 heavy (non-hydrogen) atoms. The van der Waals surface area contributed by atoms with Crippen LogP contribution in [0.5, 0.6) is 0 Å². The number of amides is 1. The zero-order chi connectivity index (χ0) is 19.8. The summed E-state index contributed by atoms with van der Waals surface area (Å²) >= 11 is 1.79. The number of aromatic amines is 1. The normalized spacial score (nSPS) is 19.4. The van der Waals surface area contributed by atoms with Crippen LogP contribution < -0.4 is 0 Å². The number of nitrogens with one attached hydrogen (secondary N) is 1. The van der Waals surface area contributed by atoms with Crippen LogP contribution in [0.2, 0.25) is 0 Å². The molecule has 1 aromatic heterocycles. The Kier molecular flexibility index (Phi) is 5.10. The van der Waals surface area contributed by atoms with Gasteiger partial charge in [0, 0.05) is 53.2 Å². The fourth-order valence-electron chi connectivity index (χ4n) is 4.87. The number of carbonyl (C=O) groups excluding carboxylic acids is 1. The number of H-pyrrole nitrogens is 1. The van der Waals surface area contributed by atoms with Crippen LogP contribution in [0.15, 0.2) is 53.6 Å². The molecule has 1 atom stereocenters. The van der Waals surface area contributed by atoms with Crippen LogP contribution >= 0.6 is 11.8 Å². The molecule has 1 N–H and O–H groups in total. The van der Waals surface area contributed by atoms with Gasteiger partial charge in [-0.1, -0.05) is 18.2 Å². The molecule has 2 aliphatic rings. The van der Waals surface area contributed by atoms with E-state index < -0.39 is 0 Å². The summed E-state index contributed by atoms with van der Waals surface area (Å²) in [4.78, 5) is 22.0. The third kappa shape index (κ3) is 3.58. The van der Waals surface area contributed by atoms with Crippen LogP contribution in [0.1, 0.15) is 34.3 Å². The van der Waals surface area contributed by atoms with E-state index >= 15 is 0 Å². The summed E-state index contributed by atoms with van der Waals surface area (Å²) in [5, 5.41) is 1.36. The average Bonchev–Trinajstić information content (AvgIpc) is 3.45. The number of fused-ring (bicyclic) bond motifs is 2. The first-order valence-corrected chi connectivity index (χ1v) is 11.7. The van der Waals surface area contributed by atoms with E-state index in [1.54, 1.807) is 11.8 Å². The summed E-state index contributed by atoms with van der Waals surface area (Å²) in [6, 6.07) is 15.3. The maximum Gasteiger partial charge on any atom is 0.254 e. The highest BCUT2D eigenvalue weighted by atomic mass is 32.2. The first kappa shape index (κ1) is 18.8. The Morgan fingerprint density at radius 3 is 2.93 bits per heavy atom. The minimum atomic E-state index is 0.192. The number of hydrogen-bond donors (Lipinski definition) is 1. The Balaban J connectivity index is 1.25. The number of rotatable bonds is 6. The van der Waals surface area contributed by atoms with Crippen molar-refractivity contribution in [1.29, 1.82) is 0 Å². The van der Waals surface area contributed by atoms with E-state index in [1.165, 1.54) is 39.8 Å². The summed E-state index contributed by atoms with van der Waals surface area (Å²) in [5.41, 5.74) is 4.69. The maximum absolute atomic E-state index is 12.6. The molecule has 0 aliphatic carbocycles. The van der Waals surface area contributed by atoms with E-state index in [4.69, 9.17) is 0 Å². The van der Waals surface area contributed by atoms with Gasteiger partial charge in [-0.2, -0.15) is 0 Å². The molecule has 3 heterocycles. The minimum Gasteiger partial charge on any atom is -0.361 e. The van der Waals surface area contributed by atoms with Gasteiger partial charge in [-0.15, -0.1) is 11.8 Å². The van der Waals surface area contributed by atoms with Crippen LogP contribution in [-0.4, -0.2) is 52.6 Å². The van der Waals surface area contributed by atoms with Crippen molar-refractivity contribution in [1.82, 2.24) is 14.8 Å². The maximum atomic E-state index is 12.6. The summed E-state index contributed by atoms with van der Waals surface area (Å²) in [5.74, 6) is 0.192. The fraction of sp³-hybridized carbons (Fsp3) is 0.375. The fourth-order valence-corrected chi connectivity index (χ4v) is 5.31. The number of likely N-dealkylation sites (tertiary alicyclic amines) is 1. The van der Waals surface area contributed by atoms with E-state index in [0.717, 1.165) is 38.2 Å². The zero-order valence-electron chi connectivity index (χ0n) is 16.9. The highest BCUT2D eigenvalue weighted by molar-refractivity contribution is 7.98. The Bertz CT molecular complexity index is 1040. The third-order valence-electron chi connectivity index (χ3n) is 6.48. The van der Waals surface area contributed by atoms with E-state index in [2.05, 4.69) is 46.6 Å². The lowest BCUT2D eigenvalue weighted by atomic mass is 10.0. The molecule has 0 radical (unpaired) electrons. The number of thioether (sulfide) groups is 1. The second-order valence-corrected chi connectivity index (χ2v) is 9.03. The molecule has 0 bridgehead atoms. The molecule has 1 fully saturated rings. The summed E-state index contributed by atoms with van der Waals surface area (Å²) in [6.45, 7) is 3.67. The lowest BCUT2D eigenvalue weighted by Crippen LogP contribution is -2.38.